The topological polar surface area (TPSA) is 64.6 Å². The molecule has 2 atom stereocenters. The Kier molecular flexibility index (Phi) is 7.95. The van der Waals surface area contributed by atoms with Crippen molar-refractivity contribution in [3.8, 4) is 0 Å². The number of carbonyl (C=O) groups excluding carboxylic acids is 1. The molecular weight excluding hydrogens is 489 g/mol. The SMILES string of the molecule is O=C(N[C@H](Cc1ccccc1)[C@H](O)CN1CCC(Cc2ccc(F)cc2)CC1)NC12CC3CC(CC(C3)C1)C2. The summed E-state index contributed by atoms with van der Waals surface area (Å²) in [5, 5.41) is 18.1. The summed E-state index contributed by atoms with van der Waals surface area (Å²) in [6.45, 7) is 2.42. The maximum absolute atomic E-state index is 13.4. The predicted molar refractivity (Wildman–Crippen MR) is 152 cm³/mol. The molecule has 1 saturated heterocycles. The Hall–Kier alpha value is -2.44. The van der Waals surface area contributed by atoms with Crippen molar-refractivity contribution in [3.05, 3.63) is 71.5 Å². The van der Waals surface area contributed by atoms with E-state index in [9.17, 15) is 14.3 Å². The lowest BCUT2D eigenvalue weighted by Crippen LogP contribution is -2.63. The van der Waals surface area contributed by atoms with Gasteiger partial charge in [-0.1, -0.05) is 42.5 Å². The Morgan fingerprint density at radius 2 is 1.54 bits per heavy atom. The summed E-state index contributed by atoms with van der Waals surface area (Å²) in [6, 6.07) is 16.6. The van der Waals surface area contributed by atoms with Crippen LogP contribution in [-0.2, 0) is 12.8 Å². The van der Waals surface area contributed by atoms with E-state index >= 15 is 0 Å². The third-order valence-electron chi connectivity index (χ3n) is 10.1. The highest BCUT2D eigenvalue weighted by molar-refractivity contribution is 5.75. The zero-order valence-electron chi connectivity index (χ0n) is 23.0. The van der Waals surface area contributed by atoms with Gasteiger partial charge in [-0.05, 0) is 124 Å². The second kappa shape index (κ2) is 11.6. The summed E-state index contributed by atoms with van der Waals surface area (Å²) < 4.78 is 13.2. The molecular formula is C33H44FN3O2. The van der Waals surface area contributed by atoms with Crippen molar-refractivity contribution in [2.75, 3.05) is 19.6 Å². The Morgan fingerprint density at radius 1 is 0.923 bits per heavy atom. The van der Waals surface area contributed by atoms with E-state index in [1.807, 2.05) is 30.3 Å². The van der Waals surface area contributed by atoms with E-state index < -0.39 is 6.10 Å². The van der Waals surface area contributed by atoms with Crippen LogP contribution in [0.15, 0.2) is 54.6 Å². The summed E-state index contributed by atoms with van der Waals surface area (Å²) in [4.78, 5) is 15.7. The minimum atomic E-state index is -0.652. The molecule has 1 heterocycles. The number of piperidine rings is 1. The van der Waals surface area contributed by atoms with Crippen molar-refractivity contribution in [2.24, 2.45) is 23.7 Å². The van der Waals surface area contributed by atoms with Gasteiger partial charge in [0.1, 0.15) is 5.82 Å². The summed E-state index contributed by atoms with van der Waals surface area (Å²) in [7, 11) is 0. The highest BCUT2D eigenvalue weighted by Crippen LogP contribution is 2.55. The van der Waals surface area contributed by atoms with Crippen LogP contribution < -0.4 is 10.6 Å². The lowest BCUT2D eigenvalue weighted by molar-refractivity contribution is -0.0142. The monoisotopic (exact) mass is 533 g/mol. The lowest BCUT2D eigenvalue weighted by atomic mass is 9.53. The first-order valence-corrected chi connectivity index (χ1v) is 15.2. The van der Waals surface area contributed by atoms with Gasteiger partial charge >= 0.3 is 6.03 Å². The number of aliphatic hydroxyl groups excluding tert-OH is 1. The molecule has 4 aliphatic carbocycles. The Bertz CT molecular complexity index is 1060. The van der Waals surface area contributed by atoms with Crippen LogP contribution in [0.25, 0.3) is 0 Å². The second-order valence-electron chi connectivity index (χ2n) is 13.2. The van der Waals surface area contributed by atoms with Gasteiger partial charge in [-0.25, -0.2) is 9.18 Å². The third-order valence-corrected chi connectivity index (χ3v) is 10.1. The van der Waals surface area contributed by atoms with Crippen molar-refractivity contribution in [1.29, 1.82) is 0 Å². The summed E-state index contributed by atoms with van der Waals surface area (Å²) in [6.07, 6.45) is 10.4. The van der Waals surface area contributed by atoms with E-state index in [2.05, 4.69) is 27.7 Å². The molecule has 5 fully saturated rings. The predicted octanol–water partition coefficient (Wildman–Crippen LogP) is 5.32. The van der Waals surface area contributed by atoms with E-state index in [-0.39, 0.29) is 23.4 Å². The van der Waals surface area contributed by atoms with Crippen molar-refractivity contribution in [3.63, 3.8) is 0 Å². The Labute approximate surface area is 232 Å². The van der Waals surface area contributed by atoms with Crippen molar-refractivity contribution in [2.45, 2.75) is 81.9 Å². The molecule has 6 heteroatoms. The minimum absolute atomic E-state index is 0.0481. The average Bonchev–Trinajstić information content (AvgIpc) is 2.90. The van der Waals surface area contributed by atoms with Crippen molar-refractivity contribution in [1.82, 2.24) is 15.5 Å². The molecule has 5 aliphatic rings. The highest BCUT2D eigenvalue weighted by atomic mass is 19.1. The molecule has 2 amide bonds. The first-order chi connectivity index (χ1) is 18.9. The van der Waals surface area contributed by atoms with Gasteiger partial charge in [-0.2, -0.15) is 0 Å². The molecule has 0 unspecified atom stereocenters. The van der Waals surface area contributed by atoms with E-state index in [0.717, 1.165) is 74.9 Å². The quantitative estimate of drug-likeness (QED) is 0.409. The van der Waals surface area contributed by atoms with Crippen LogP contribution in [0.3, 0.4) is 0 Å². The average molecular weight is 534 g/mol. The molecule has 2 aromatic carbocycles. The fraction of sp³-hybridized carbons (Fsp3) is 0.606. The number of hydrogen-bond donors (Lipinski definition) is 3. The number of nitrogens with zero attached hydrogens (tertiary/aromatic N) is 1. The zero-order chi connectivity index (χ0) is 26.8. The molecule has 4 bridgehead atoms. The molecule has 0 radical (unpaired) electrons. The Balaban J connectivity index is 1.05. The van der Waals surface area contributed by atoms with Crippen LogP contribution in [0.1, 0.15) is 62.5 Å². The van der Waals surface area contributed by atoms with E-state index in [1.165, 1.54) is 24.8 Å². The first kappa shape index (κ1) is 26.8. The number of β-amino-alcohol motifs (C(OH)–C–C–N with tert-alkyl or cyclic N) is 1. The van der Waals surface area contributed by atoms with Crippen molar-refractivity contribution >= 4 is 6.03 Å². The Morgan fingerprint density at radius 3 is 2.15 bits per heavy atom. The van der Waals surface area contributed by atoms with Gasteiger partial charge in [0.2, 0.25) is 0 Å². The maximum atomic E-state index is 13.4. The van der Waals surface area contributed by atoms with E-state index in [0.29, 0.717) is 18.9 Å². The molecule has 3 N–H and O–H groups in total. The summed E-state index contributed by atoms with van der Waals surface area (Å²) in [5.74, 6) is 2.70. The maximum Gasteiger partial charge on any atom is 0.315 e. The van der Waals surface area contributed by atoms with E-state index in [4.69, 9.17) is 0 Å². The zero-order valence-corrected chi connectivity index (χ0v) is 23.0. The molecule has 2 aromatic rings. The number of aliphatic hydroxyl groups is 1. The van der Waals surface area contributed by atoms with Gasteiger partial charge < -0.3 is 20.6 Å². The molecule has 5 nitrogen and oxygen atoms in total. The van der Waals surface area contributed by atoms with Gasteiger partial charge in [-0.3, -0.25) is 0 Å². The number of halogens is 1. The normalized spacial score (nSPS) is 30.2. The van der Waals surface area contributed by atoms with E-state index in [1.54, 1.807) is 12.1 Å². The number of nitrogens with one attached hydrogen (secondary N) is 2. The second-order valence-corrected chi connectivity index (χ2v) is 13.2. The van der Waals surface area contributed by atoms with Crippen LogP contribution in [-0.4, -0.2) is 53.4 Å². The first-order valence-electron chi connectivity index (χ1n) is 15.2. The fourth-order valence-corrected chi connectivity index (χ4v) is 8.58. The van der Waals surface area contributed by atoms with Crippen molar-refractivity contribution < 1.29 is 14.3 Å². The molecule has 1 aliphatic heterocycles. The number of urea groups is 1. The van der Waals surface area contributed by atoms with Gasteiger partial charge in [0, 0.05) is 12.1 Å². The van der Waals surface area contributed by atoms with Crippen LogP contribution in [0, 0.1) is 29.5 Å². The largest absolute Gasteiger partial charge is 0.390 e. The highest BCUT2D eigenvalue weighted by Gasteiger charge is 2.51. The van der Waals surface area contributed by atoms with Gasteiger partial charge in [-0.15, -0.1) is 0 Å². The summed E-state index contributed by atoms with van der Waals surface area (Å²) >= 11 is 0. The van der Waals surface area contributed by atoms with Crippen LogP contribution >= 0.6 is 0 Å². The minimum Gasteiger partial charge on any atom is -0.390 e. The third kappa shape index (κ3) is 6.66. The number of amides is 2. The number of likely N-dealkylation sites (tertiary alicyclic amines) is 1. The molecule has 0 spiro atoms. The number of rotatable bonds is 9. The number of benzene rings is 2. The lowest BCUT2D eigenvalue weighted by Gasteiger charge is -2.56. The molecule has 39 heavy (non-hydrogen) atoms. The summed E-state index contributed by atoms with van der Waals surface area (Å²) in [5.41, 5.74) is 2.26. The van der Waals surface area contributed by atoms with Crippen LogP contribution in [0.5, 0.6) is 0 Å². The van der Waals surface area contributed by atoms with Gasteiger partial charge in [0.25, 0.3) is 0 Å². The molecule has 210 valence electrons. The smallest absolute Gasteiger partial charge is 0.315 e. The van der Waals surface area contributed by atoms with Gasteiger partial charge in [0.15, 0.2) is 0 Å². The van der Waals surface area contributed by atoms with Crippen LogP contribution in [0.4, 0.5) is 9.18 Å². The van der Waals surface area contributed by atoms with Gasteiger partial charge in [0.05, 0.1) is 12.1 Å². The standard InChI is InChI=1S/C33H44FN3O2/c34-29-8-6-24(7-9-29)14-25-10-12-37(13-11-25)22-31(38)30(18-23-4-2-1-3-5-23)35-32(39)36-33-19-26-15-27(20-33)17-28(16-26)21-33/h1-9,25-28,30-31,38H,10-22H2,(H2,35,36,39)/t26?,27?,28?,30-,31-,33?/m1/s1. The molecule has 4 saturated carbocycles. The number of carbonyl (C=O) groups is 1. The van der Waals surface area contributed by atoms with Crippen LogP contribution in [0.2, 0.25) is 0 Å². The molecule has 0 aromatic heterocycles. The fourth-order valence-electron chi connectivity index (χ4n) is 8.58. The molecule has 7 rings (SSSR count). The number of hydrogen-bond acceptors (Lipinski definition) is 3.